The number of hydrogen-bond donors (Lipinski definition) is 2. The Morgan fingerprint density at radius 2 is 2.31 bits per heavy atom. The molecule has 0 fully saturated rings. The lowest BCUT2D eigenvalue weighted by Gasteiger charge is -2.05. The van der Waals surface area contributed by atoms with Gasteiger partial charge in [0.1, 0.15) is 5.92 Å². The second-order valence-corrected chi connectivity index (χ2v) is 2.76. The lowest BCUT2D eigenvalue weighted by molar-refractivity contribution is -0.140. The first-order valence-corrected chi connectivity index (χ1v) is 4.06. The number of rotatable bonds is 4. The van der Waals surface area contributed by atoms with Gasteiger partial charge < -0.3 is 10.1 Å². The van der Waals surface area contributed by atoms with Crippen molar-refractivity contribution in [2.75, 3.05) is 0 Å². The van der Waals surface area contributed by atoms with Crippen LogP contribution in [0.3, 0.4) is 0 Å². The van der Waals surface area contributed by atoms with E-state index in [1.54, 1.807) is 19.2 Å². The average Bonchev–Trinajstić information content (AvgIpc) is 2.56. The minimum absolute atomic E-state index is 0.319. The molecule has 0 amide bonds. The molecule has 1 aromatic heterocycles. The molecule has 0 bridgehead atoms. The fraction of sp³-hybridized carbons (Fsp3) is 0.333. The van der Waals surface area contributed by atoms with E-state index in [1.165, 1.54) is 6.20 Å². The van der Waals surface area contributed by atoms with Crippen LogP contribution in [0.15, 0.2) is 18.5 Å². The van der Waals surface area contributed by atoms with Gasteiger partial charge in [-0.1, -0.05) is 6.92 Å². The van der Waals surface area contributed by atoms with Gasteiger partial charge in [0.2, 0.25) is 0 Å². The number of ketones is 1. The summed E-state index contributed by atoms with van der Waals surface area (Å²) in [5.74, 6) is -2.32. The van der Waals surface area contributed by atoms with Crippen LogP contribution in [0, 0.1) is 5.92 Å². The number of aliphatic carboxylic acids is 1. The Labute approximate surface area is 75.6 Å². The van der Waals surface area contributed by atoms with Crippen LogP contribution in [-0.4, -0.2) is 21.8 Å². The van der Waals surface area contributed by atoms with Crippen molar-refractivity contribution in [1.29, 1.82) is 0 Å². The molecule has 1 rings (SSSR count). The van der Waals surface area contributed by atoms with Gasteiger partial charge in [0.15, 0.2) is 5.78 Å². The lowest BCUT2D eigenvalue weighted by atomic mass is 9.97. The van der Waals surface area contributed by atoms with E-state index in [0.29, 0.717) is 12.0 Å². The van der Waals surface area contributed by atoms with Crippen LogP contribution in [0.4, 0.5) is 0 Å². The highest BCUT2D eigenvalue weighted by atomic mass is 16.4. The van der Waals surface area contributed by atoms with Crippen molar-refractivity contribution in [1.82, 2.24) is 4.98 Å². The van der Waals surface area contributed by atoms with Crippen LogP contribution >= 0.6 is 0 Å². The number of carbonyl (C=O) groups excluding carboxylic acids is 1. The monoisotopic (exact) mass is 181 g/mol. The van der Waals surface area contributed by atoms with Crippen molar-refractivity contribution in [2.24, 2.45) is 5.92 Å². The maximum absolute atomic E-state index is 11.5. The molecule has 2 N–H and O–H groups in total. The molecule has 0 saturated carbocycles. The molecule has 0 unspecified atom stereocenters. The molecule has 0 aromatic carbocycles. The van der Waals surface area contributed by atoms with Crippen molar-refractivity contribution in [2.45, 2.75) is 13.3 Å². The Balaban J connectivity index is 2.83. The third kappa shape index (κ3) is 1.96. The molecule has 0 radical (unpaired) electrons. The van der Waals surface area contributed by atoms with Crippen LogP contribution in [-0.2, 0) is 4.79 Å². The molecule has 13 heavy (non-hydrogen) atoms. The normalized spacial score (nSPS) is 12.4. The number of aromatic amines is 1. The first kappa shape index (κ1) is 9.51. The zero-order chi connectivity index (χ0) is 9.84. The molecule has 1 aromatic rings. The number of carboxylic acids is 1. The van der Waals surface area contributed by atoms with Crippen LogP contribution < -0.4 is 0 Å². The van der Waals surface area contributed by atoms with Gasteiger partial charge in [-0.15, -0.1) is 0 Å². The van der Waals surface area contributed by atoms with Crippen molar-refractivity contribution >= 4 is 11.8 Å². The highest BCUT2D eigenvalue weighted by Crippen LogP contribution is 2.11. The van der Waals surface area contributed by atoms with E-state index in [4.69, 9.17) is 5.11 Å². The summed E-state index contributed by atoms with van der Waals surface area (Å²) in [6.07, 6.45) is 3.43. The highest BCUT2D eigenvalue weighted by molar-refractivity contribution is 6.07. The average molecular weight is 181 g/mol. The molecule has 1 atom stereocenters. The standard InChI is InChI=1S/C9H11NO3/c1-2-7(9(12)13)8(11)6-3-4-10-5-6/h3-5,7,10H,2H2,1H3,(H,12,13)/t7-/m0/s1. The molecule has 70 valence electrons. The summed E-state index contributed by atoms with van der Waals surface area (Å²) in [5, 5.41) is 8.71. The zero-order valence-electron chi connectivity index (χ0n) is 7.28. The summed E-state index contributed by atoms with van der Waals surface area (Å²) >= 11 is 0. The smallest absolute Gasteiger partial charge is 0.314 e. The first-order valence-electron chi connectivity index (χ1n) is 4.06. The van der Waals surface area contributed by atoms with E-state index in [2.05, 4.69) is 4.98 Å². The Morgan fingerprint density at radius 1 is 1.62 bits per heavy atom. The molecule has 0 spiro atoms. The maximum atomic E-state index is 11.5. The first-order chi connectivity index (χ1) is 6.16. The molecule has 0 saturated heterocycles. The maximum Gasteiger partial charge on any atom is 0.314 e. The topological polar surface area (TPSA) is 70.2 Å². The summed E-state index contributed by atoms with van der Waals surface area (Å²) in [6, 6.07) is 1.58. The zero-order valence-corrected chi connectivity index (χ0v) is 7.28. The fourth-order valence-electron chi connectivity index (χ4n) is 1.15. The van der Waals surface area contributed by atoms with Crippen LogP contribution in [0.1, 0.15) is 23.7 Å². The van der Waals surface area contributed by atoms with Gasteiger partial charge in [-0.2, -0.15) is 0 Å². The predicted octanol–water partition coefficient (Wildman–Crippen LogP) is 1.31. The van der Waals surface area contributed by atoms with E-state index < -0.39 is 11.9 Å². The van der Waals surface area contributed by atoms with E-state index in [9.17, 15) is 9.59 Å². The minimum Gasteiger partial charge on any atom is -0.481 e. The third-order valence-electron chi connectivity index (χ3n) is 1.91. The molecule has 1 heterocycles. The van der Waals surface area contributed by atoms with Gasteiger partial charge in [0.25, 0.3) is 0 Å². The molecule has 0 aliphatic heterocycles. The van der Waals surface area contributed by atoms with Crippen molar-refractivity contribution in [3.8, 4) is 0 Å². The minimum atomic E-state index is -1.06. The SMILES string of the molecule is CC[C@H](C(=O)O)C(=O)c1cc[nH]c1. The summed E-state index contributed by atoms with van der Waals surface area (Å²) in [6.45, 7) is 1.68. The Morgan fingerprint density at radius 3 is 2.69 bits per heavy atom. The number of aromatic nitrogens is 1. The van der Waals surface area contributed by atoms with Gasteiger partial charge in [-0.05, 0) is 12.5 Å². The summed E-state index contributed by atoms with van der Waals surface area (Å²) in [7, 11) is 0. The van der Waals surface area contributed by atoms with Gasteiger partial charge in [0, 0.05) is 18.0 Å². The quantitative estimate of drug-likeness (QED) is 0.543. The Hall–Kier alpha value is -1.58. The van der Waals surface area contributed by atoms with E-state index >= 15 is 0 Å². The molecular weight excluding hydrogens is 170 g/mol. The number of nitrogens with one attached hydrogen (secondary N) is 1. The number of H-pyrrole nitrogens is 1. The van der Waals surface area contributed by atoms with Crippen LogP contribution in [0.2, 0.25) is 0 Å². The number of carboxylic acid groups (broad SMARTS) is 1. The molecular formula is C9H11NO3. The van der Waals surface area contributed by atoms with E-state index in [0.717, 1.165) is 0 Å². The van der Waals surface area contributed by atoms with E-state index in [1.807, 2.05) is 0 Å². The fourth-order valence-corrected chi connectivity index (χ4v) is 1.15. The van der Waals surface area contributed by atoms with Gasteiger partial charge in [0.05, 0.1) is 0 Å². The predicted molar refractivity (Wildman–Crippen MR) is 46.5 cm³/mol. The second-order valence-electron chi connectivity index (χ2n) is 2.76. The van der Waals surface area contributed by atoms with Gasteiger partial charge >= 0.3 is 5.97 Å². The second kappa shape index (κ2) is 3.89. The molecule has 4 nitrogen and oxygen atoms in total. The van der Waals surface area contributed by atoms with E-state index in [-0.39, 0.29) is 5.78 Å². The Kier molecular flexibility index (Phi) is 2.84. The number of carbonyl (C=O) groups is 2. The highest BCUT2D eigenvalue weighted by Gasteiger charge is 2.25. The molecule has 0 aliphatic rings. The van der Waals surface area contributed by atoms with Crippen molar-refractivity contribution in [3.63, 3.8) is 0 Å². The van der Waals surface area contributed by atoms with Crippen molar-refractivity contribution < 1.29 is 14.7 Å². The molecule has 0 aliphatic carbocycles. The largest absolute Gasteiger partial charge is 0.481 e. The Bertz CT molecular complexity index is 303. The van der Waals surface area contributed by atoms with Crippen LogP contribution in [0.25, 0.3) is 0 Å². The van der Waals surface area contributed by atoms with Gasteiger partial charge in [-0.25, -0.2) is 0 Å². The van der Waals surface area contributed by atoms with Crippen molar-refractivity contribution in [3.05, 3.63) is 24.0 Å². The van der Waals surface area contributed by atoms with Crippen LogP contribution in [0.5, 0.6) is 0 Å². The lowest BCUT2D eigenvalue weighted by Crippen LogP contribution is -2.22. The summed E-state index contributed by atoms with van der Waals surface area (Å²) in [4.78, 5) is 24.8. The third-order valence-corrected chi connectivity index (χ3v) is 1.91. The number of Topliss-reactive ketones (excluding diaryl/α,β-unsaturated/α-hetero) is 1. The van der Waals surface area contributed by atoms with Gasteiger partial charge in [-0.3, -0.25) is 9.59 Å². The number of hydrogen-bond acceptors (Lipinski definition) is 2. The molecule has 4 heteroatoms. The summed E-state index contributed by atoms with van der Waals surface area (Å²) in [5.41, 5.74) is 0.425. The summed E-state index contributed by atoms with van der Waals surface area (Å²) < 4.78 is 0.